The van der Waals surface area contributed by atoms with Crippen LogP contribution in [0.4, 0.5) is 5.95 Å². The van der Waals surface area contributed by atoms with E-state index in [1.807, 2.05) is 50.4 Å². The Morgan fingerprint density at radius 1 is 1.22 bits per heavy atom. The standard InChI is InChI=1S/C25H33N5O2/c1-17-8-10-20(11-9-17)27-24-26-13-12-22(28-24)23-15-29(19(3)16-32-4)25(31)30(23)21-7-5-6-18(2)14-21/h5-7,12-15,17,19-20H,8-11,16H2,1-4H3,(H,26,27,28). The molecule has 1 N–H and O–H groups in total. The van der Waals surface area contributed by atoms with Gasteiger partial charge in [0.15, 0.2) is 0 Å². The Hall–Kier alpha value is -2.93. The summed E-state index contributed by atoms with van der Waals surface area (Å²) in [7, 11) is 1.65. The number of aryl methyl sites for hydroxylation is 1. The Bertz CT molecular complexity index is 1110. The van der Waals surface area contributed by atoms with Crippen LogP contribution < -0.4 is 11.0 Å². The maximum atomic E-state index is 13.4. The fourth-order valence-corrected chi connectivity index (χ4v) is 4.46. The summed E-state index contributed by atoms with van der Waals surface area (Å²) in [5, 5.41) is 3.51. The Morgan fingerprint density at radius 3 is 2.72 bits per heavy atom. The van der Waals surface area contributed by atoms with Crippen LogP contribution in [0.25, 0.3) is 17.1 Å². The zero-order valence-corrected chi connectivity index (χ0v) is 19.4. The number of imidazole rings is 1. The molecule has 1 atom stereocenters. The van der Waals surface area contributed by atoms with Crippen molar-refractivity contribution in [1.29, 1.82) is 0 Å². The van der Waals surface area contributed by atoms with Crippen LogP contribution in [0.15, 0.2) is 47.5 Å². The maximum Gasteiger partial charge on any atom is 0.333 e. The average Bonchev–Trinajstić information content (AvgIpc) is 3.13. The molecule has 2 aromatic heterocycles. The number of aromatic nitrogens is 4. The van der Waals surface area contributed by atoms with Crippen molar-refractivity contribution in [1.82, 2.24) is 19.1 Å². The summed E-state index contributed by atoms with van der Waals surface area (Å²) in [6.07, 6.45) is 8.36. The summed E-state index contributed by atoms with van der Waals surface area (Å²) in [6, 6.07) is 10.1. The van der Waals surface area contributed by atoms with Crippen LogP contribution >= 0.6 is 0 Å². The number of methoxy groups -OCH3 is 1. The minimum Gasteiger partial charge on any atom is -0.383 e. The lowest BCUT2D eigenvalue weighted by molar-refractivity contribution is 0.161. The van der Waals surface area contributed by atoms with Gasteiger partial charge in [-0.15, -0.1) is 0 Å². The number of rotatable bonds is 7. The summed E-state index contributed by atoms with van der Waals surface area (Å²) in [6.45, 7) is 6.77. The molecule has 1 saturated carbocycles. The van der Waals surface area contributed by atoms with Crippen molar-refractivity contribution >= 4 is 5.95 Å². The summed E-state index contributed by atoms with van der Waals surface area (Å²) in [5.74, 6) is 1.40. The van der Waals surface area contributed by atoms with Crippen LogP contribution in [0.5, 0.6) is 0 Å². The number of ether oxygens (including phenoxy) is 1. The molecule has 0 aliphatic heterocycles. The van der Waals surface area contributed by atoms with Crippen LogP contribution in [0, 0.1) is 12.8 Å². The molecule has 0 saturated heterocycles. The Labute approximate surface area is 189 Å². The molecule has 7 nitrogen and oxygen atoms in total. The molecule has 0 bridgehead atoms. The first-order valence-corrected chi connectivity index (χ1v) is 11.5. The van der Waals surface area contributed by atoms with E-state index in [9.17, 15) is 4.79 Å². The lowest BCUT2D eigenvalue weighted by atomic mass is 9.87. The monoisotopic (exact) mass is 435 g/mol. The van der Waals surface area contributed by atoms with Crippen LogP contribution in [0.1, 0.15) is 51.1 Å². The van der Waals surface area contributed by atoms with Gasteiger partial charge in [-0.3, -0.25) is 9.13 Å². The Kier molecular flexibility index (Phi) is 6.74. The largest absolute Gasteiger partial charge is 0.383 e. The SMILES string of the molecule is COCC(C)n1cc(-c2ccnc(NC3CCC(C)CC3)n2)n(-c2cccc(C)c2)c1=O. The van der Waals surface area contributed by atoms with E-state index in [1.54, 1.807) is 22.4 Å². The highest BCUT2D eigenvalue weighted by atomic mass is 16.5. The van der Waals surface area contributed by atoms with Gasteiger partial charge in [0.2, 0.25) is 5.95 Å². The number of nitrogens with zero attached hydrogens (tertiary/aromatic N) is 4. The first kappa shape index (κ1) is 22.3. The molecule has 4 rings (SSSR count). The predicted molar refractivity (Wildman–Crippen MR) is 127 cm³/mol. The third-order valence-corrected chi connectivity index (χ3v) is 6.32. The molecule has 1 aliphatic carbocycles. The highest BCUT2D eigenvalue weighted by Gasteiger charge is 2.21. The first-order chi connectivity index (χ1) is 15.5. The first-order valence-electron chi connectivity index (χ1n) is 11.5. The van der Waals surface area contributed by atoms with Crippen LogP contribution in [0.2, 0.25) is 0 Å². The predicted octanol–water partition coefficient (Wildman–Crippen LogP) is 4.60. The highest BCUT2D eigenvalue weighted by Crippen LogP contribution is 2.27. The minimum atomic E-state index is -0.107. The Morgan fingerprint density at radius 2 is 2.00 bits per heavy atom. The van der Waals surface area contributed by atoms with Crippen LogP contribution in [-0.4, -0.2) is 38.9 Å². The minimum absolute atomic E-state index is 0.0963. The molecular formula is C25H33N5O2. The third kappa shape index (κ3) is 4.78. The van der Waals surface area contributed by atoms with Crippen LogP contribution in [-0.2, 0) is 4.74 Å². The molecule has 0 amide bonds. The summed E-state index contributed by atoms with van der Waals surface area (Å²) in [5.41, 5.74) is 3.27. The zero-order valence-electron chi connectivity index (χ0n) is 19.4. The molecule has 1 aromatic carbocycles. The van der Waals surface area contributed by atoms with Crippen molar-refractivity contribution in [3.05, 3.63) is 58.8 Å². The van der Waals surface area contributed by atoms with Crippen molar-refractivity contribution < 1.29 is 4.74 Å². The third-order valence-electron chi connectivity index (χ3n) is 6.32. The van der Waals surface area contributed by atoms with E-state index in [0.29, 0.717) is 24.3 Å². The second-order valence-corrected chi connectivity index (χ2v) is 9.05. The molecule has 32 heavy (non-hydrogen) atoms. The summed E-state index contributed by atoms with van der Waals surface area (Å²) in [4.78, 5) is 22.7. The van der Waals surface area contributed by atoms with E-state index < -0.39 is 0 Å². The van der Waals surface area contributed by atoms with Gasteiger partial charge >= 0.3 is 5.69 Å². The van der Waals surface area contributed by atoms with Gasteiger partial charge in [-0.1, -0.05) is 19.1 Å². The van der Waals surface area contributed by atoms with Crippen LogP contribution in [0.3, 0.4) is 0 Å². The normalized spacial score (nSPS) is 19.6. The van der Waals surface area contributed by atoms with E-state index in [2.05, 4.69) is 17.2 Å². The van der Waals surface area contributed by atoms with Crippen molar-refractivity contribution in [3.8, 4) is 17.1 Å². The summed E-state index contributed by atoms with van der Waals surface area (Å²) < 4.78 is 8.75. The quantitative estimate of drug-likeness (QED) is 0.587. The van der Waals surface area contributed by atoms with Gasteiger partial charge < -0.3 is 10.1 Å². The fraction of sp³-hybridized carbons (Fsp3) is 0.480. The lowest BCUT2D eigenvalue weighted by Gasteiger charge is -2.26. The average molecular weight is 436 g/mol. The maximum absolute atomic E-state index is 13.4. The van der Waals surface area contributed by atoms with Crippen molar-refractivity contribution in [2.75, 3.05) is 19.0 Å². The molecule has 1 fully saturated rings. The van der Waals surface area contributed by atoms with Gasteiger partial charge in [-0.25, -0.2) is 14.8 Å². The summed E-state index contributed by atoms with van der Waals surface area (Å²) >= 11 is 0. The fourth-order valence-electron chi connectivity index (χ4n) is 4.46. The van der Waals surface area contributed by atoms with E-state index in [0.717, 1.165) is 35.7 Å². The lowest BCUT2D eigenvalue weighted by Crippen LogP contribution is -2.27. The van der Waals surface area contributed by atoms with Gasteiger partial charge in [-0.05, 0) is 69.2 Å². The van der Waals surface area contributed by atoms with Gasteiger partial charge in [-0.2, -0.15) is 0 Å². The van der Waals surface area contributed by atoms with Gasteiger partial charge in [0.1, 0.15) is 0 Å². The molecule has 1 unspecified atom stereocenters. The number of nitrogens with one attached hydrogen (secondary N) is 1. The highest BCUT2D eigenvalue weighted by molar-refractivity contribution is 5.59. The molecule has 1 aliphatic rings. The topological polar surface area (TPSA) is 74.0 Å². The van der Waals surface area contributed by atoms with Gasteiger partial charge in [0.25, 0.3) is 0 Å². The molecule has 0 radical (unpaired) electrons. The Balaban J connectivity index is 1.74. The molecule has 7 heteroatoms. The van der Waals surface area contributed by atoms with Gasteiger partial charge in [0.05, 0.1) is 29.7 Å². The number of hydrogen-bond donors (Lipinski definition) is 1. The second kappa shape index (κ2) is 9.69. The number of benzene rings is 1. The molecule has 2 heterocycles. The number of hydrogen-bond acceptors (Lipinski definition) is 5. The number of anilines is 1. The van der Waals surface area contributed by atoms with E-state index in [4.69, 9.17) is 9.72 Å². The van der Waals surface area contributed by atoms with Gasteiger partial charge in [0, 0.05) is 25.5 Å². The van der Waals surface area contributed by atoms with Crippen molar-refractivity contribution in [2.45, 2.75) is 58.5 Å². The zero-order chi connectivity index (χ0) is 22.7. The van der Waals surface area contributed by atoms with E-state index in [-0.39, 0.29) is 11.7 Å². The molecular weight excluding hydrogens is 402 g/mol. The smallest absolute Gasteiger partial charge is 0.333 e. The second-order valence-electron chi connectivity index (χ2n) is 9.05. The molecule has 170 valence electrons. The van der Waals surface area contributed by atoms with Crippen molar-refractivity contribution in [3.63, 3.8) is 0 Å². The van der Waals surface area contributed by atoms with Crippen molar-refractivity contribution in [2.24, 2.45) is 5.92 Å². The molecule has 0 spiro atoms. The van der Waals surface area contributed by atoms with E-state index in [1.165, 1.54) is 12.8 Å². The van der Waals surface area contributed by atoms with E-state index >= 15 is 0 Å². The molecule has 3 aromatic rings.